The Labute approximate surface area is 140 Å². The predicted molar refractivity (Wildman–Crippen MR) is 92.7 cm³/mol. The normalized spacial score (nSPS) is 10.7. The zero-order valence-electron chi connectivity index (χ0n) is 12.9. The summed E-state index contributed by atoms with van der Waals surface area (Å²) in [6, 6.07) is 19.6. The number of methoxy groups -OCH3 is 1. The summed E-state index contributed by atoms with van der Waals surface area (Å²) in [5.41, 5.74) is 2.23. The molecule has 0 radical (unpaired) electrons. The van der Waals surface area contributed by atoms with Crippen LogP contribution in [-0.2, 0) is 13.1 Å². The molecule has 1 N–H and O–H groups in total. The molecule has 0 aliphatic rings. The van der Waals surface area contributed by atoms with Crippen LogP contribution in [0.5, 0.6) is 5.75 Å². The molecule has 0 amide bonds. The monoisotopic (exact) mass is 327 g/mol. The molecular formula is C19H18ClNO2. The van der Waals surface area contributed by atoms with Crippen molar-refractivity contribution in [2.45, 2.75) is 13.1 Å². The molecule has 0 unspecified atom stereocenters. The molecule has 2 aromatic carbocycles. The first-order valence-corrected chi connectivity index (χ1v) is 7.81. The lowest BCUT2D eigenvalue weighted by atomic mass is 10.2. The quantitative estimate of drug-likeness (QED) is 0.699. The number of nitrogens with one attached hydrogen (secondary N) is 1. The number of ether oxygens (including phenoxy) is 1. The third kappa shape index (κ3) is 4.15. The molecule has 0 bridgehead atoms. The second-order valence-corrected chi connectivity index (χ2v) is 5.66. The summed E-state index contributed by atoms with van der Waals surface area (Å²) >= 11 is 5.90. The molecule has 4 heteroatoms. The van der Waals surface area contributed by atoms with Gasteiger partial charge in [-0.15, -0.1) is 0 Å². The Morgan fingerprint density at radius 2 is 1.65 bits per heavy atom. The highest BCUT2D eigenvalue weighted by molar-refractivity contribution is 6.30. The maximum absolute atomic E-state index is 5.90. The molecular weight excluding hydrogens is 310 g/mol. The van der Waals surface area contributed by atoms with Crippen LogP contribution in [0.2, 0.25) is 5.02 Å². The Bertz CT molecular complexity index is 748. The van der Waals surface area contributed by atoms with Gasteiger partial charge in [0.25, 0.3) is 0 Å². The van der Waals surface area contributed by atoms with E-state index in [1.807, 2.05) is 60.7 Å². The Morgan fingerprint density at radius 1 is 0.913 bits per heavy atom. The number of halogens is 1. The second-order valence-electron chi connectivity index (χ2n) is 5.22. The average molecular weight is 328 g/mol. The average Bonchev–Trinajstić information content (AvgIpc) is 3.05. The van der Waals surface area contributed by atoms with Crippen LogP contribution in [0.25, 0.3) is 11.3 Å². The van der Waals surface area contributed by atoms with Gasteiger partial charge in [-0.3, -0.25) is 0 Å². The summed E-state index contributed by atoms with van der Waals surface area (Å²) in [5.74, 6) is 2.62. The highest BCUT2D eigenvalue weighted by Crippen LogP contribution is 2.23. The number of hydrogen-bond acceptors (Lipinski definition) is 3. The van der Waals surface area contributed by atoms with Crippen LogP contribution in [-0.4, -0.2) is 7.11 Å². The molecule has 3 rings (SSSR count). The molecule has 0 fully saturated rings. The van der Waals surface area contributed by atoms with E-state index in [0.29, 0.717) is 6.54 Å². The van der Waals surface area contributed by atoms with Gasteiger partial charge >= 0.3 is 0 Å². The van der Waals surface area contributed by atoms with Crippen molar-refractivity contribution < 1.29 is 9.15 Å². The van der Waals surface area contributed by atoms with E-state index in [2.05, 4.69) is 5.32 Å². The number of furan rings is 1. The standard InChI is InChI=1S/C19H18ClNO2/c1-22-17-8-2-14(3-9-17)12-21-13-18-10-11-19(23-18)15-4-6-16(20)7-5-15/h2-11,21H,12-13H2,1H3. The molecule has 0 aliphatic heterocycles. The fourth-order valence-electron chi connectivity index (χ4n) is 2.32. The van der Waals surface area contributed by atoms with Crippen molar-refractivity contribution in [3.05, 3.63) is 77.0 Å². The maximum atomic E-state index is 5.90. The van der Waals surface area contributed by atoms with Crippen molar-refractivity contribution in [3.8, 4) is 17.1 Å². The van der Waals surface area contributed by atoms with Crippen LogP contribution < -0.4 is 10.1 Å². The molecule has 1 heterocycles. The van der Waals surface area contributed by atoms with E-state index >= 15 is 0 Å². The van der Waals surface area contributed by atoms with Gasteiger partial charge in [0.15, 0.2) is 0 Å². The minimum atomic E-state index is 0.680. The Balaban J connectivity index is 1.55. The SMILES string of the molecule is COc1ccc(CNCc2ccc(-c3ccc(Cl)cc3)o2)cc1. The van der Waals surface area contributed by atoms with Gasteiger partial charge in [-0.25, -0.2) is 0 Å². The summed E-state index contributed by atoms with van der Waals surface area (Å²) in [6.45, 7) is 1.46. The van der Waals surface area contributed by atoms with E-state index in [-0.39, 0.29) is 0 Å². The van der Waals surface area contributed by atoms with Crippen LogP contribution in [0, 0.1) is 0 Å². The number of benzene rings is 2. The largest absolute Gasteiger partial charge is 0.497 e. The molecule has 23 heavy (non-hydrogen) atoms. The summed E-state index contributed by atoms with van der Waals surface area (Å²) in [5, 5.41) is 4.10. The van der Waals surface area contributed by atoms with Crippen molar-refractivity contribution in [3.63, 3.8) is 0 Å². The minimum Gasteiger partial charge on any atom is -0.497 e. The van der Waals surface area contributed by atoms with Crippen LogP contribution in [0.3, 0.4) is 0 Å². The second kappa shape index (κ2) is 7.36. The summed E-state index contributed by atoms with van der Waals surface area (Å²) < 4.78 is 11.0. The summed E-state index contributed by atoms with van der Waals surface area (Å²) in [6.07, 6.45) is 0. The lowest BCUT2D eigenvalue weighted by Crippen LogP contribution is -2.11. The van der Waals surface area contributed by atoms with Crippen molar-refractivity contribution in [1.29, 1.82) is 0 Å². The predicted octanol–water partition coefficient (Wildman–Crippen LogP) is 4.90. The summed E-state index contributed by atoms with van der Waals surface area (Å²) in [4.78, 5) is 0. The Hall–Kier alpha value is -2.23. The van der Waals surface area contributed by atoms with Crippen molar-refractivity contribution in [1.82, 2.24) is 5.32 Å². The van der Waals surface area contributed by atoms with Crippen LogP contribution in [0.15, 0.2) is 65.1 Å². The Kier molecular flexibility index (Phi) is 5.01. The van der Waals surface area contributed by atoms with E-state index in [9.17, 15) is 0 Å². The van der Waals surface area contributed by atoms with E-state index < -0.39 is 0 Å². The number of rotatable bonds is 6. The zero-order chi connectivity index (χ0) is 16.1. The molecule has 1 aromatic heterocycles. The fraction of sp³-hybridized carbons (Fsp3) is 0.158. The van der Waals surface area contributed by atoms with Gasteiger partial charge in [-0.05, 0) is 54.1 Å². The van der Waals surface area contributed by atoms with Gasteiger partial charge in [0.05, 0.1) is 13.7 Å². The fourth-order valence-corrected chi connectivity index (χ4v) is 2.44. The van der Waals surface area contributed by atoms with Crippen molar-refractivity contribution in [2.75, 3.05) is 7.11 Å². The molecule has 0 atom stereocenters. The van der Waals surface area contributed by atoms with Crippen LogP contribution in [0.1, 0.15) is 11.3 Å². The highest BCUT2D eigenvalue weighted by Gasteiger charge is 2.04. The summed E-state index contributed by atoms with van der Waals surface area (Å²) in [7, 11) is 1.67. The topological polar surface area (TPSA) is 34.4 Å². The smallest absolute Gasteiger partial charge is 0.134 e. The molecule has 3 nitrogen and oxygen atoms in total. The molecule has 3 aromatic rings. The van der Waals surface area contributed by atoms with E-state index in [4.69, 9.17) is 20.8 Å². The van der Waals surface area contributed by atoms with Crippen LogP contribution in [0.4, 0.5) is 0 Å². The van der Waals surface area contributed by atoms with Gasteiger partial charge < -0.3 is 14.5 Å². The minimum absolute atomic E-state index is 0.680. The Morgan fingerprint density at radius 3 is 2.35 bits per heavy atom. The van der Waals surface area contributed by atoms with E-state index in [1.54, 1.807) is 7.11 Å². The van der Waals surface area contributed by atoms with Crippen molar-refractivity contribution >= 4 is 11.6 Å². The lowest BCUT2D eigenvalue weighted by Gasteiger charge is -2.05. The van der Waals surface area contributed by atoms with Gasteiger partial charge in [0.1, 0.15) is 17.3 Å². The first-order valence-electron chi connectivity index (χ1n) is 7.43. The molecule has 0 spiro atoms. The zero-order valence-corrected chi connectivity index (χ0v) is 13.6. The third-order valence-electron chi connectivity index (χ3n) is 3.58. The van der Waals surface area contributed by atoms with Crippen molar-refractivity contribution in [2.24, 2.45) is 0 Å². The van der Waals surface area contributed by atoms with Gasteiger partial charge in [0.2, 0.25) is 0 Å². The molecule has 0 saturated carbocycles. The maximum Gasteiger partial charge on any atom is 0.134 e. The first kappa shape index (κ1) is 15.7. The van der Waals surface area contributed by atoms with Gasteiger partial charge in [-0.1, -0.05) is 23.7 Å². The highest BCUT2D eigenvalue weighted by atomic mass is 35.5. The number of hydrogen-bond donors (Lipinski definition) is 1. The molecule has 0 aliphatic carbocycles. The first-order chi connectivity index (χ1) is 11.2. The lowest BCUT2D eigenvalue weighted by molar-refractivity contribution is 0.414. The van der Waals surface area contributed by atoms with E-state index in [1.165, 1.54) is 5.56 Å². The van der Waals surface area contributed by atoms with E-state index in [0.717, 1.165) is 34.4 Å². The molecule has 118 valence electrons. The van der Waals surface area contributed by atoms with Gasteiger partial charge in [0, 0.05) is 17.1 Å². The van der Waals surface area contributed by atoms with Gasteiger partial charge in [-0.2, -0.15) is 0 Å². The molecule has 0 saturated heterocycles. The van der Waals surface area contributed by atoms with Crippen LogP contribution >= 0.6 is 11.6 Å². The third-order valence-corrected chi connectivity index (χ3v) is 3.83.